The molecule has 0 aliphatic carbocycles. The predicted octanol–water partition coefficient (Wildman–Crippen LogP) is 5.55. The number of hydrogen-bond donors (Lipinski definition) is 3. The van der Waals surface area contributed by atoms with Gasteiger partial charge in [0.05, 0.1) is 25.3 Å². The molecule has 1 aliphatic rings. The van der Waals surface area contributed by atoms with Gasteiger partial charge in [-0.2, -0.15) is 0 Å². The van der Waals surface area contributed by atoms with Gasteiger partial charge in [-0.3, -0.25) is 9.63 Å². The Morgan fingerprint density at radius 2 is 1.95 bits per heavy atom. The lowest BCUT2D eigenvalue weighted by Gasteiger charge is -2.32. The number of amides is 3. The topological polar surface area (TPSA) is 89.7 Å². The predicted molar refractivity (Wildman–Crippen MR) is 152 cm³/mol. The van der Waals surface area contributed by atoms with E-state index in [9.17, 15) is 9.59 Å². The molecule has 0 spiro atoms. The highest BCUT2D eigenvalue weighted by Gasteiger charge is 2.24. The molecule has 4 aromatic rings. The summed E-state index contributed by atoms with van der Waals surface area (Å²) in [6.45, 7) is 1.71. The smallest absolute Gasteiger partial charge is 0.319 e. The van der Waals surface area contributed by atoms with Crippen molar-refractivity contribution in [3.63, 3.8) is 0 Å². The summed E-state index contributed by atoms with van der Waals surface area (Å²) in [4.78, 5) is 37.7. The third-order valence-electron chi connectivity index (χ3n) is 6.68. The maximum Gasteiger partial charge on any atom is 0.319 e. The summed E-state index contributed by atoms with van der Waals surface area (Å²) in [5, 5.41) is 8.17. The largest absolute Gasteiger partial charge is 0.365 e. The molecule has 1 atom stereocenters. The number of anilines is 2. The van der Waals surface area contributed by atoms with Gasteiger partial charge >= 0.3 is 6.03 Å². The lowest BCUT2D eigenvalue weighted by molar-refractivity contribution is -0.169. The monoisotopic (exact) mass is 529 g/mol. The van der Waals surface area contributed by atoms with Crippen LogP contribution in [-0.2, 0) is 16.2 Å². The molecular formula is C29H31N5O3S. The fourth-order valence-corrected chi connectivity index (χ4v) is 5.61. The zero-order valence-electron chi connectivity index (χ0n) is 21.4. The molecule has 3 amide bonds. The molecule has 196 valence electrons. The molecule has 0 fully saturated rings. The molecule has 9 heteroatoms. The molecule has 2 heterocycles. The molecule has 0 radical (unpaired) electrons. The molecular weight excluding hydrogens is 498 g/mol. The summed E-state index contributed by atoms with van der Waals surface area (Å²) in [5.41, 5.74) is 4.80. The Labute approximate surface area is 226 Å². The van der Waals surface area contributed by atoms with Crippen molar-refractivity contribution < 1.29 is 14.4 Å². The Morgan fingerprint density at radius 3 is 2.76 bits per heavy atom. The Balaban J connectivity index is 1.39. The summed E-state index contributed by atoms with van der Waals surface area (Å²) in [7, 11) is 3.01. The second-order valence-electron chi connectivity index (χ2n) is 9.19. The highest BCUT2D eigenvalue weighted by Crippen LogP contribution is 2.38. The van der Waals surface area contributed by atoms with Gasteiger partial charge in [-0.1, -0.05) is 42.5 Å². The van der Waals surface area contributed by atoms with E-state index in [2.05, 4.69) is 56.9 Å². The number of urea groups is 1. The maximum absolute atomic E-state index is 13.1. The SMILES string of the molecule is CON(C)C(=O)CC(NC(=O)Nc1ccc2cc[nH]c2c1)c1ccc2c(c1)N(Cc1ccccc1)CCS2. The number of fused-ring (bicyclic) bond motifs is 2. The van der Waals surface area contributed by atoms with Crippen molar-refractivity contribution in [2.24, 2.45) is 0 Å². The third-order valence-corrected chi connectivity index (χ3v) is 7.73. The van der Waals surface area contributed by atoms with Crippen LogP contribution in [0.1, 0.15) is 23.6 Å². The molecule has 3 aromatic carbocycles. The second-order valence-corrected chi connectivity index (χ2v) is 10.3. The quantitative estimate of drug-likeness (QED) is 0.260. The molecule has 3 N–H and O–H groups in total. The van der Waals surface area contributed by atoms with Gasteiger partial charge in [0, 0.05) is 48.2 Å². The van der Waals surface area contributed by atoms with Crippen LogP contribution in [0.4, 0.5) is 16.2 Å². The van der Waals surface area contributed by atoms with E-state index in [1.807, 2.05) is 54.4 Å². The Hall–Kier alpha value is -3.95. The van der Waals surface area contributed by atoms with Gasteiger partial charge in [-0.05, 0) is 46.8 Å². The van der Waals surface area contributed by atoms with Crippen LogP contribution in [-0.4, -0.2) is 48.4 Å². The van der Waals surface area contributed by atoms with Gasteiger partial charge in [-0.15, -0.1) is 11.8 Å². The van der Waals surface area contributed by atoms with Crippen molar-refractivity contribution >= 4 is 46.0 Å². The van der Waals surface area contributed by atoms with E-state index < -0.39 is 6.04 Å². The van der Waals surface area contributed by atoms with Gasteiger partial charge in [0.1, 0.15) is 0 Å². The Bertz CT molecular complexity index is 1420. The van der Waals surface area contributed by atoms with Crippen LogP contribution in [0.5, 0.6) is 0 Å². The zero-order valence-corrected chi connectivity index (χ0v) is 22.3. The zero-order chi connectivity index (χ0) is 26.5. The fraction of sp³-hybridized carbons (Fsp3) is 0.241. The van der Waals surface area contributed by atoms with Crippen LogP contribution in [0.3, 0.4) is 0 Å². The van der Waals surface area contributed by atoms with Crippen LogP contribution in [0, 0.1) is 0 Å². The van der Waals surface area contributed by atoms with Gasteiger partial charge in [0.2, 0.25) is 5.91 Å². The highest BCUT2D eigenvalue weighted by atomic mass is 32.2. The first-order valence-corrected chi connectivity index (χ1v) is 13.5. The minimum atomic E-state index is -0.551. The Kier molecular flexibility index (Phi) is 7.86. The van der Waals surface area contributed by atoms with Crippen LogP contribution < -0.4 is 15.5 Å². The number of hydroxylamine groups is 2. The minimum absolute atomic E-state index is 0.0536. The number of thioether (sulfide) groups is 1. The number of benzene rings is 3. The fourth-order valence-electron chi connectivity index (χ4n) is 4.58. The van der Waals surface area contributed by atoms with Crippen molar-refractivity contribution in [3.05, 3.63) is 90.1 Å². The number of carbonyl (C=O) groups excluding carboxylic acids is 2. The van der Waals surface area contributed by atoms with E-state index >= 15 is 0 Å². The van der Waals surface area contributed by atoms with Crippen LogP contribution in [0.15, 0.2) is 83.9 Å². The summed E-state index contributed by atoms with van der Waals surface area (Å²) in [5.74, 6) is 0.768. The normalized spacial score (nSPS) is 13.6. The molecule has 38 heavy (non-hydrogen) atoms. The van der Waals surface area contributed by atoms with Crippen molar-refractivity contribution in [2.45, 2.75) is 23.9 Å². The number of H-pyrrole nitrogens is 1. The maximum atomic E-state index is 13.1. The molecule has 1 aliphatic heterocycles. The third kappa shape index (κ3) is 5.95. The van der Waals surface area contributed by atoms with Gasteiger partial charge in [0.25, 0.3) is 0 Å². The molecule has 1 unspecified atom stereocenters. The summed E-state index contributed by atoms with van der Waals surface area (Å²) >= 11 is 1.82. The van der Waals surface area contributed by atoms with Crippen molar-refractivity contribution in [2.75, 3.05) is 36.7 Å². The number of aromatic nitrogens is 1. The van der Waals surface area contributed by atoms with Crippen LogP contribution in [0.2, 0.25) is 0 Å². The summed E-state index contributed by atoms with van der Waals surface area (Å²) < 4.78 is 0. The first-order valence-electron chi connectivity index (χ1n) is 12.5. The number of nitrogens with zero attached hydrogens (tertiary/aromatic N) is 2. The lowest BCUT2D eigenvalue weighted by Crippen LogP contribution is -2.37. The van der Waals surface area contributed by atoms with Gasteiger partial charge in [0.15, 0.2) is 0 Å². The van der Waals surface area contributed by atoms with Gasteiger partial charge < -0.3 is 20.5 Å². The number of carbonyl (C=O) groups is 2. The average molecular weight is 530 g/mol. The molecule has 0 saturated carbocycles. The van der Waals surface area contributed by atoms with Gasteiger partial charge in [-0.25, -0.2) is 9.86 Å². The number of hydrogen-bond acceptors (Lipinski definition) is 5. The minimum Gasteiger partial charge on any atom is -0.365 e. The molecule has 1 aromatic heterocycles. The molecule has 0 saturated heterocycles. The van der Waals surface area contributed by atoms with Crippen LogP contribution >= 0.6 is 11.8 Å². The highest BCUT2D eigenvalue weighted by molar-refractivity contribution is 7.99. The lowest BCUT2D eigenvalue weighted by atomic mass is 10.0. The van der Waals surface area contributed by atoms with E-state index in [1.54, 1.807) is 7.05 Å². The van der Waals surface area contributed by atoms with E-state index in [1.165, 1.54) is 22.6 Å². The molecule has 5 rings (SSSR count). The van der Waals surface area contributed by atoms with E-state index in [0.29, 0.717) is 5.69 Å². The summed E-state index contributed by atoms with van der Waals surface area (Å²) in [6.07, 6.45) is 1.91. The first kappa shape index (κ1) is 25.7. The van der Waals surface area contributed by atoms with Crippen LogP contribution in [0.25, 0.3) is 10.9 Å². The molecule has 8 nitrogen and oxygen atoms in total. The number of nitrogens with one attached hydrogen (secondary N) is 3. The van der Waals surface area contributed by atoms with E-state index in [0.717, 1.165) is 41.0 Å². The number of aromatic amines is 1. The number of rotatable bonds is 8. The summed E-state index contributed by atoms with van der Waals surface area (Å²) in [6, 6.07) is 23.3. The second kappa shape index (κ2) is 11.6. The van der Waals surface area contributed by atoms with E-state index in [-0.39, 0.29) is 18.4 Å². The standard InChI is InChI=1S/C29H31N5O3S/c1-33(37-2)28(35)18-25(32-29(36)31-23-10-8-21-12-13-30-24(21)17-23)22-9-11-27-26(16-22)34(14-15-38-27)19-20-6-4-3-5-7-20/h3-13,16-17,25,30H,14-15,18-19H2,1-2H3,(H2,31,32,36). The van der Waals surface area contributed by atoms with E-state index in [4.69, 9.17) is 4.84 Å². The first-order chi connectivity index (χ1) is 18.5. The van der Waals surface area contributed by atoms with Crippen molar-refractivity contribution in [1.29, 1.82) is 0 Å². The van der Waals surface area contributed by atoms with Crippen molar-refractivity contribution in [3.8, 4) is 0 Å². The molecule has 0 bridgehead atoms. The van der Waals surface area contributed by atoms with Crippen molar-refractivity contribution in [1.82, 2.24) is 15.4 Å². The Morgan fingerprint density at radius 1 is 1.11 bits per heavy atom. The average Bonchev–Trinajstić information content (AvgIpc) is 3.40.